The predicted octanol–water partition coefficient (Wildman–Crippen LogP) is 2.55. The molecule has 7 nitrogen and oxygen atoms in total. The second-order valence-electron chi connectivity index (χ2n) is 9.35. The molecular weight excluding hydrogens is 354 g/mol. The molecule has 1 N–H and O–H groups in total. The Morgan fingerprint density at radius 2 is 1.96 bits per heavy atom. The SMILES string of the molecule is Cc1cc(N2CCN(C(=O)N[C@@H]3[C@@H]4CCO[C@H]4C3(C)C)CC2)nc(C(C)C)n1. The molecule has 3 heterocycles. The fourth-order valence-electron chi connectivity index (χ4n) is 4.97. The van der Waals surface area contributed by atoms with Gasteiger partial charge in [0.25, 0.3) is 0 Å². The molecule has 3 atom stereocenters. The minimum atomic E-state index is 0.0182. The third-order valence-electron chi connectivity index (χ3n) is 6.64. The van der Waals surface area contributed by atoms with Crippen LogP contribution < -0.4 is 10.2 Å². The number of hydrogen-bond donors (Lipinski definition) is 1. The molecule has 0 radical (unpaired) electrons. The average Bonchev–Trinajstić information content (AvgIpc) is 3.13. The van der Waals surface area contributed by atoms with Gasteiger partial charge in [0.2, 0.25) is 0 Å². The number of fused-ring (bicyclic) bond motifs is 1. The van der Waals surface area contributed by atoms with Gasteiger partial charge in [-0.2, -0.15) is 0 Å². The number of anilines is 1. The van der Waals surface area contributed by atoms with Gasteiger partial charge in [-0.1, -0.05) is 27.7 Å². The van der Waals surface area contributed by atoms with Gasteiger partial charge in [-0.3, -0.25) is 0 Å². The predicted molar refractivity (Wildman–Crippen MR) is 109 cm³/mol. The number of carbonyl (C=O) groups is 1. The van der Waals surface area contributed by atoms with E-state index in [0.717, 1.165) is 43.5 Å². The van der Waals surface area contributed by atoms with Crippen molar-refractivity contribution >= 4 is 11.8 Å². The van der Waals surface area contributed by atoms with Crippen molar-refractivity contribution in [2.24, 2.45) is 11.3 Å². The van der Waals surface area contributed by atoms with Crippen LogP contribution in [0.5, 0.6) is 0 Å². The van der Waals surface area contributed by atoms with Gasteiger partial charge < -0.3 is 19.9 Å². The van der Waals surface area contributed by atoms with E-state index in [1.165, 1.54) is 0 Å². The highest BCUT2D eigenvalue weighted by Crippen LogP contribution is 2.52. The Morgan fingerprint density at radius 3 is 2.64 bits per heavy atom. The maximum Gasteiger partial charge on any atom is 0.317 e. The highest BCUT2D eigenvalue weighted by atomic mass is 16.5. The molecule has 2 aliphatic heterocycles. The molecule has 2 saturated heterocycles. The van der Waals surface area contributed by atoms with Crippen LogP contribution >= 0.6 is 0 Å². The minimum absolute atomic E-state index is 0.0182. The summed E-state index contributed by atoms with van der Waals surface area (Å²) in [6.45, 7) is 14.5. The van der Waals surface area contributed by atoms with Crippen LogP contribution in [0.2, 0.25) is 0 Å². The Bertz CT molecular complexity index is 742. The van der Waals surface area contributed by atoms with Gasteiger partial charge in [0, 0.05) is 67.8 Å². The number of nitrogens with zero attached hydrogens (tertiary/aromatic N) is 4. The van der Waals surface area contributed by atoms with Gasteiger partial charge in [-0.05, 0) is 13.3 Å². The van der Waals surface area contributed by atoms with Gasteiger partial charge in [-0.25, -0.2) is 14.8 Å². The number of hydrogen-bond acceptors (Lipinski definition) is 5. The van der Waals surface area contributed by atoms with Crippen LogP contribution in [-0.2, 0) is 4.74 Å². The lowest BCUT2D eigenvalue weighted by atomic mass is 9.57. The Kier molecular flexibility index (Phi) is 4.98. The van der Waals surface area contributed by atoms with E-state index in [0.29, 0.717) is 31.0 Å². The van der Waals surface area contributed by atoms with E-state index in [4.69, 9.17) is 9.72 Å². The third-order valence-corrected chi connectivity index (χ3v) is 6.64. The van der Waals surface area contributed by atoms with Crippen molar-refractivity contribution in [3.05, 3.63) is 17.6 Å². The minimum Gasteiger partial charge on any atom is -0.377 e. The summed E-state index contributed by atoms with van der Waals surface area (Å²) in [5.41, 5.74) is 1.01. The van der Waals surface area contributed by atoms with Crippen molar-refractivity contribution in [3.63, 3.8) is 0 Å². The highest BCUT2D eigenvalue weighted by molar-refractivity contribution is 5.75. The van der Waals surface area contributed by atoms with Gasteiger partial charge in [-0.15, -0.1) is 0 Å². The van der Waals surface area contributed by atoms with E-state index in [9.17, 15) is 4.79 Å². The summed E-state index contributed by atoms with van der Waals surface area (Å²) in [6, 6.07) is 2.31. The Labute approximate surface area is 167 Å². The van der Waals surface area contributed by atoms with E-state index in [1.807, 2.05) is 17.9 Å². The third kappa shape index (κ3) is 3.34. The lowest BCUT2D eigenvalue weighted by molar-refractivity contribution is -0.109. The number of urea groups is 1. The molecular formula is C21H33N5O2. The van der Waals surface area contributed by atoms with Crippen molar-refractivity contribution in [2.75, 3.05) is 37.7 Å². The summed E-state index contributed by atoms with van der Waals surface area (Å²) in [6.07, 6.45) is 1.35. The van der Waals surface area contributed by atoms with Crippen molar-refractivity contribution < 1.29 is 9.53 Å². The second-order valence-corrected chi connectivity index (χ2v) is 9.35. The molecule has 1 aliphatic carbocycles. The first-order valence-corrected chi connectivity index (χ1v) is 10.5. The fraction of sp³-hybridized carbons (Fsp3) is 0.762. The van der Waals surface area contributed by atoms with Gasteiger partial charge in [0.1, 0.15) is 11.6 Å². The zero-order chi connectivity index (χ0) is 20.1. The number of carbonyl (C=O) groups excluding carboxylic acids is 1. The summed E-state index contributed by atoms with van der Waals surface area (Å²) in [4.78, 5) is 26.3. The summed E-state index contributed by atoms with van der Waals surface area (Å²) < 4.78 is 5.84. The quantitative estimate of drug-likeness (QED) is 0.863. The molecule has 3 aliphatic rings. The highest BCUT2D eigenvalue weighted by Gasteiger charge is 2.60. The number of rotatable bonds is 3. The van der Waals surface area contributed by atoms with E-state index in [1.54, 1.807) is 0 Å². The molecule has 2 amide bonds. The van der Waals surface area contributed by atoms with E-state index >= 15 is 0 Å². The molecule has 0 spiro atoms. The molecule has 3 fully saturated rings. The van der Waals surface area contributed by atoms with E-state index in [2.05, 4.69) is 42.9 Å². The lowest BCUT2D eigenvalue weighted by Crippen LogP contribution is -2.68. The monoisotopic (exact) mass is 387 g/mol. The fourth-order valence-corrected chi connectivity index (χ4v) is 4.97. The first kappa shape index (κ1) is 19.4. The van der Waals surface area contributed by atoms with Crippen LogP contribution in [0.4, 0.5) is 10.6 Å². The molecule has 0 unspecified atom stereocenters. The Morgan fingerprint density at radius 1 is 1.25 bits per heavy atom. The van der Waals surface area contributed by atoms with Crippen molar-refractivity contribution in [1.29, 1.82) is 0 Å². The molecule has 4 rings (SSSR count). The molecule has 0 aromatic carbocycles. The zero-order valence-electron chi connectivity index (χ0n) is 17.7. The number of nitrogens with one attached hydrogen (secondary N) is 1. The maximum atomic E-state index is 12.8. The summed E-state index contributed by atoms with van der Waals surface area (Å²) in [5.74, 6) is 2.64. The molecule has 28 heavy (non-hydrogen) atoms. The normalized spacial score (nSPS) is 28.9. The first-order chi connectivity index (χ1) is 13.3. The number of amides is 2. The summed E-state index contributed by atoms with van der Waals surface area (Å²) >= 11 is 0. The smallest absolute Gasteiger partial charge is 0.317 e. The van der Waals surface area contributed by atoms with E-state index in [-0.39, 0.29) is 17.5 Å². The van der Waals surface area contributed by atoms with Crippen LogP contribution in [0.25, 0.3) is 0 Å². The van der Waals surface area contributed by atoms with E-state index < -0.39 is 0 Å². The first-order valence-electron chi connectivity index (χ1n) is 10.5. The van der Waals surface area contributed by atoms with Crippen molar-refractivity contribution in [1.82, 2.24) is 20.2 Å². The Balaban J connectivity index is 1.35. The molecule has 1 aromatic rings. The summed E-state index contributed by atoms with van der Waals surface area (Å²) in [7, 11) is 0. The molecule has 1 saturated carbocycles. The summed E-state index contributed by atoms with van der Waals surface area (Å²) in [5, 5.41) is 3.30. The largest absolute Gasteiger partial charge is 0.377 e. The molecule has 154 valence electrons. The number of aromatic nitrogens is 2. The van der Waals surface area contributed by atoms with Crippen LogP contribution in [0.15, 0.2) is 6.07 Å². The number of ether oxygens (including phenoxy) is 1. The van der Waals surface area contributed by atoms with Crippen LogP contribution in [0.1, 0.15) is 51.6 Å². The second kappa shape index (κ2) is 7.17. The van der Waals surface area contributed by atoms with Crippen LogP contribution in [-0.4, -0.2) is 65.8 Å². The van der Waals surface area contributed by atoms with Crippen molar-refractivity contribution in [2.45, 2.75) is 59.1 Å². The topological polar surface area (TPSA) is 70.6 Å². The standard InChI is InChI=1S/C21H33N5O2/c1-13(2)19-22-14(3)12-16(23-19)25-7-9-26(10-8-25)20(27)24-17-15-6-11-28-18(15)21(17,4)5/h12-13,15,17-18H,6-11H2,1-5H3,(H,24,27)/t15-,17+,18+/m0/s1. The zero-order valence-corrected chi connectivity index (χ0v) is 17.7. The molecule has 7 heteroatoms. The maximum absolute atomic E-state index is 12.8. The number of piperazine rings is 1. The van der Waals surface area contributed by atoms with Crippen molar-refractivity contribution in [3.8, 4) is 0 Å². The van der Waals surface area contributed by atoms with Gasteiger partial charge in [0.15, 0.2) is 0 Å². The average molecular weight is 388 g/mol. The lowest BCUT2D eigenvalue weighted by Gasteiger charge is -2.55. The van der Waals surface area contributed by atoms with Gasteiger partial charge in [0.05, 0.1) is 6.10 Å². The van der Waals surface area contributed by atoms with Crippen LogP contribution in [0.3, 0.4) is 0 Å². The van der Waals surface area contributed by atoms with Gasteiger partial charge >= 0.3 is 6.03 Å². The number of aryl methyl sites for hydroxylation is 1. The Hall–Kier alpha value is -1.89. The molecule has 1 aromatic heterocycles. The molecule has 0 bridgehead atoms. The van der Waals surface area contributed by atoms with Crippen LogP contribution in [0, 0.1) is 18.3 Å².